The van der Waals surface area contributed by atoms with E-state index in [0.29, 0.717) is 29.4 Å². The van der Waals surface area contributed by atoms with Gasteiger partial charge in [-0.25, -0.2) is 0 Å². The summed E-state index contributed by atoms with van der Waals surface area (Å²) in [5.74, 6) is 0.672. The molecule has 0 aliphatic rings. The molecule has 2 aromatic rings. The maximum Gasteiger partial charge on any atom is 0.416 e. The van der Waals surface area contributed by atoms with E-state index in [1.54, 1.807) is 6.07 Å². The third kappa shape index (κ3) is 2.95. The van der Waals surface area contributed by atoms with Crippen LogP contribution in [0.25, 0.3) is 11.3 Å². The summed E-state index contributed by atoms with van der Waals surface area (Å²) in [5, 5.41) is 6.64. The van der Waals surface area contributed by atoms with E-state index in [2.05, 4.69) is 10.2 Å². The Hall–Kier alpha value is -1.98. The molecule has 0 spiro atoms. The summed E-state index contributed by atoms with van der Waals surface area (Å²) in [4.78, 5) is 0. The Morgan fingerprint density at radius 1 is 1.30 bits per heavy atom. The van der Waals surface area contributed by atoms with Crippen molar-refractivity contribution in [1.82, 2.24) is 10.2 Å². The molecule has 3 N–H and O–H groups in total. The van der Waals surface area contributed by atoms with E-state index < -0.39 is 11.7 Å². The maximum atomic E-state index is 12.7. The highest BCUT2D eigenvalue weighted by atomic mass is 19.4. The number of nitrogens with one attached hydrogen (secondary N) is 1. The Morgan fingerprint density at radius 3 is 2.60 bits per heavy atom. The molecule has 0 atom stereocenters. The van der Waals surface area contributed by atoms with Gasteiger partial charge in [0, 0.05) is 11.1 Å². The van der Waals surface area contributed by atoms with Crippen molar-refractivity contribution in [3.8, 4) is 11.3 Å². The number of hydrogen-bond acceptors (Lipinski definition) is 2. The van der Waals surface area contributed by atoms with Gasteiger partial charge in [0.25, 0.3) is 0 Å². The molecule has 0 bridgehead atoms. The summed E-state index contributed by atoms with van der Waals surface area (Å²) >= 11 is 0. The first-order valence-electron chi connectivity index (χ1n) is 6.29. The van der Waals surface area contributed by atoms with Gasteiger partial charge in [-0.2, -0.15) is 18.3 Å². The Bertz CT molecular complexity index is 600. The Kier molecular flexibility index (Phi) is 3.74. The van der Waals surface area contributed by atoms with Crippen LogP contribution in [-0.4, -0.2) is 10.2 Å². The number of benzene rings is 1. The van der Waals surface area contributed by atoms with E-state index in [1.165, 1.54) is 6.07 Å². The van der Waals surface area contributed by atoms with Crippen LogP contribution >= 0.6 is 0 Å². The van der Waals surface area contributed by atoms with Gasteiger partial charge in [0.15, 0.2) is 0 Å². The van der Waals surface area contributed by atoms with Crippen molar-refractivity contribution >= 4 is 5.82 Å². The molecule has 6 heteroatoms. The molecule has 0 saturated heterocycles. The molecule has 1 aromatic carbocycles. The molecular weight excluding hydrogens is 267 g/mol. The first kappa shape index (κ1) is 14.4. The smallest absolute Gasteiger partial charge is 0.382 e. The normalized spacial score (nSPS) is 12.1. The van der Waals surface area contributed by atoms with Crippen LogP contribution in [-0.2, 0) is 12.6 Å². The number of anilines is 1. The highest BCUT2D eigenvalue weighted by Gasteiger charge is 2.30. The number of nitrogens with zero attached hydrogens (tertiary/aromatic N) is 1. The number of aromatic amines is 1. The van der Waals surface area contributed by atoms with Crippen LogP contribution in [0.5, 0.6) is 0 Å². The zero-order valence-corrected chi connectivity index (χ0v) is 11.3. The van der Waals surface area contributed by atoms with Crippen molar-refractivity contribution in [2.75, 3.05) is 5.73 Å². The van der Waals surface area contributed by atoms with Crippen molar-refractivity contribution in [1.29, 1.82) is 0 Å². The summed E-state index contributed by atoms with van der Waals surface area (Å²) in [6, 6.07) is 5.16. The second kappa shape index (κ2) is 5.19. The Balaban J connectivity index is 2.47. The predicted octanol–water partition coefficient (Wildman–Crippen LogP) is 3.88. The summed E-state index contributed by atoms with van der Waals surface area (Å²) < 4.78 is 38.2. The molecule has 0 saturated carbocycles. The first-order valence-corrected chi connectivity index (χ1v) is 6.29. The van der Waals surface area contributed by atoms with Crippen LogP contribution in [0.15, 0.2) is 24.3 Å². The molecule has 1 heterocycles. The Morgan fingerprint density at radius 2 is 2.00 bits per heavy atom. The van der Waals surface area contributed by atoms with Gasteiger partial charge in [-0.15, -0.1) is 0 Å². The lowest BCUT2D eigenvalue weighted by Crippen LogP contribution is -2.05. The molecule has 0 fully saturated rings. The molecule has 0 unspecified atom stereocenters. The van der Waals surface area contributed by atoms with E-state index in [0.717, 1.165) is 17.7 Å². The van der Waals surface area contributed by atoms with Crippen LogP contribution in [0, 0.1) is 5.92 Å². The zero-order valence-electron chi connectivity index (χ0n) is 11.3. The SMILES string of the molecule is CC(C)Cc1c(N)n[nH]c1-c1cccc(C(F)(F)F)c1. The van der Waals surface area contributed by atoms with Gasteiger partial charge in [-0.1, -0.05) is 26.0 Å². The quantitative estimate of drug-likeness (QED) is 0.898. The average molecular weight is 283 g/mol. The number of alkyl halides is 3. The molecule has 108 valence electrons. The third-order valence-electron chi connectivity index (χ3n) is 2.99. The van der Waals surface area contributed by atoms with Crippen LogP contribution in [0.2, 0.25) is 0 Å². The fraction of sp³-hybridized carbons (Fsp3) is 0.357. The second-order valence-electron chi connectivity index (χ2n) is 5.14. The molecule has 0 radical (unpaired) electrons. The predicted molar refractivity (Wildman–Crippen MR) is 72.0 cm³/mol. The number of rotatable bonds is 3. The first-order chi connectivity index (χ1) is 9.29. The number of H-pyrrole nitrogens is 1. The molecule has 2 rings (SSSR count). The lowest BCUT2D eigenvalue weighted by Gasteiger charge is -2.10. The topological polar surface area (TPSA) is 54.7 Å². The van der Waals surface area contributed by atoms with Crippen LogP contribution in [0.1, 0.15) is 25.0 Å². The van der Waals surface area contributed by atoms with Crippen molar-refractivity contribution < 1.29 is 13.2 Å². The van der Waals surface area contributed by atoms with E-state index in [-0.39, 0.29) is 0 Å². The van der Waals surface area contributed by atoms with Gasteiger partial charge in [-0.3, -0.25) is 5.10 Å². The summed E-state index contributed by atoms with van der Waals surface area (Å²) in [7, 11) is 0. The second-order valence-corrected chi connectivity index (χ2v) is 5.14. The van der Waals surface area contributed by atoms with Crippen molar-refractivity contribution in [2.45, 2.75) is 26.4 Å². The standard InChI is InChI=1S/C14H16F3N3/c1-8(2)6-11-12(19-20-13(11)18)9-4-3-5-10(7-9)14(15,16)17/h3-5,7-8H,6H2,1-2H3,(H3,18,19,20). The monoisotopic (exact) mass is 283 g/mol. The molecule has 0 aliphatic carbocycles. The Labute approximate surface area is 115 Å². The van der Waals surface area contributed by atoms with Crippen molar-refractivity contribution in [2.24, 2.45) is 5.92 Å². The number of hydrogen-bond donors (Lipinski definition) is 2. The fourth-order valence-electron chi connectivity index (χ4n) is 2.08. The lowest BCUT2D eigenvalue weighted by atomic mass is 9.98. The maximum absolute atomic E-state index is 12.7. The highest BCUT2D eigenvalue weighted by molar-refractivity contribution is 5.68. The lowest BCUT2D eigenvalue weighted by molar-refractivity contribution is -0.137. The summed E-state index contributed by atoms with van der Waals surface area (Å²) in [6.07, 6.45) is -3.70. The van der Waals surface area contributed by atoms with Gasteiger partial charge >= 0.3 is 6.18 Å². The van der Waals surface area contributed by atoms with Gasteiger partial charge in [0.1, 0.15) is 5.82 Å². The zero-order chi connectivity index (χ0) is 14.9. The minimum atomic E-state index is -4.36. The number of nitrogens with two attached hydrogens (primary N) is 1. The van der Waals surface area contributed by atoms with Gasteiger partial charge in [0.05, 0.1) is 11.3 Å². The van der Waals surface area contributed by atoms with E-state index in [1.807, 2.05) is 13.8 Å². The molecule has 1 aromatic heterocycles. The van der Waals surface area contributed by atoms with Crippen LogP contribution in [0.4, 0.5) is 19.0 Å². The molecule has 20 heavy (non-hydrogen) atoms. The average Bonchev–Trinajstić information content (AvgIpc) is 2.70. The molecule has 0 aliphatic heterocycles. The van der Waals surface area contributed by atoms with Gasteiger partial charge in [-0.05, 0) is 24.5 Å². The molecular formula is C14H16F3N3. The van der Waals surface area contributed by atoms with E-state index >= 15 is 0 Å². The van der Waals surface area contributed by atoms with Gasteiger partial charge in [0.2, 0.25) is 0 Å². The number of halogens is 3. The third-order valence-corrected chi connectivity index (χ3v) is 2.99. The van der Waals surface area contributed by atoms with E-state index in [4.69, 9.17) is 5.73 Å². The summed E-state index contributed by atoms with van der Waals surface area (Å²) in [5.41, 5.74) is 6.87. The van der Waals surface area contributed by atoms with Gasteiger partial charge < -0.3 is 5.73 Å². The summed E-state index contributed by atoms with van der Waals surface area (Å²) in [6.45, 7) is 4.03. The van der Waals surface area contributed by atoms with Crippen molar-refractivity contribution in [3.63, 3.8) is 0 Å². The van der Waals surface area contributed by atoms with Crippen LogP contribution < -0.4 is 5.73 Å². The number of nitrogen functional groups attached to an aromatic ring is 1. The molecule has 3 nitrogen and oxygen atoms in total. The van der Waals surface area contributed by atoms with E-state index in [9.17, 15) is 13.2 Å². The largest absolute Gasteiger partial charge is 0.416 e. The van der Waals surface area contributed by atoms with Crippen molar-refractivity contribution in [3.05, 3.63) is 35.4 Å². The fourth-order valence-corrected chi connectivity index (χ4v) is 2.08. The molecule has 0 amide bonds. The minimum Gasteiger partial charge on any atom is -0.382 e. The van der Waals surface area contributed by atoms with Crippen LogP contribution in [0.3, 0.4) is 0 Å². The minimum absolute atomic E-state index is 0.333. The number of aromatic nitrogens is 2. The highest BCUT2D eigenvalue weighted by Crippen LogP contribution is 2.33.